The van der Waals surface area contributed by atoms with Crippen LogP contribution in [0.3, 0.4) is 0 Å². The minimum absolute atomic E-state index is 0.539. The van der Waals surface area contributed by atoms with Gasteiger partial charge in [0.1, 0.15) is 18.6 Å². The number of likely N-dealkylation sites (tertiary alicyclic amines) is 1. The molecule has 2 rings (SSSR count). The van der Waals surface area contributed by atoms with Crippen LogP contribution in [-0.4, -0.2) is 50.6 Å². The molecular formula is C17H25NO3. The SMILES string of the molecule is C[C@@H]1CCCN(CCOCCOc2ccc(C=O)cc2)C1. The van der Waals surface area contributed by atoms with Crippen LogP contribution in [0.5, 0.6) is 5.75 Å². The summed E-state index contributed by atoms with van der Waals surface area (Å²) >= 11 is 0. The molecule has 4 heteroatoms. The van der Waals surface area contributed by atoms with Crippen molar-refractivity contribution in [2.75, 3.05) is 39.5 Å². The van der Waals surface area contributed by atoms with Gasteiger partial charge in [-0.25, -0.2) is 0 Å². The Morgan fingerprint density at radius 2 is 2.05 bits per heavy atom. The maximum Gasteiger partial charge on any atom is 0.150 e. The monoisotopic (exact) mass is 291 g/mol. The van der Waals surface area contributed by atoms with E-state index in [1.165, 1.54) is 25.9 Å². The zero-order valence-electron chi connectivity index (χ0n) is 12.8. The van der Waals surface area contributed by atoms with Crippen molar-refractivity contribution in [1.82, 2.24) is 4.90 Å². The number of piperidine rings is 1. The first-order valence-corrected chi connectivity index (χ1v) is 7.76. The second-order valence-corrected chi connectivity index (χ2v) is 5.70. The summed E-state index contributed by atoms with van der Waals surface area (Å²) in [6, 6.07) is 7.11. The third-order valence-electron chi connectivity index (χ3n) is 3.81. The van der Waals surface area contributed by atoms with Gasteiger partial charge in [0.25, 0.3) is 0 Å². The Balaban J connectivity index is 1.52. The number of nitrogens with zero attached hydrogens (tertiary/aromatic N) is 1. The molecule has 0 saturated carbocycles. The summed E-state index contributed by atoms with van der Waals surface area (Å²) in [7, 11) is 0. The highest BCUT2D eigenvalue weighted by atomic mass is 16.5. The van der Waals surface area contributed by atoms with E-state index in [0.29, 0.717) is 18.8 Å². The van der Waals surface area contributed by atoms with E-state index in [2.05, 4.69) is 11.8 Å². The van der Waals surface area contributed by atoms with E-state index >= 15 is 0 Å². The average molecular weight is 291 g/mol. The molecule has 1 saturated heterocycles. The molecule has 1 heterocycles. The van der Waals surface area contributed by atoms with Gasteiger partial charge in [-0.15, -0.1) is 0 Å². The molecule has 116 valence electrons. The van der Waals surface area contributed by atoms with E-state index in [9.17, 15) is 4.79 Å². The van der Waals surface area contributed by atoms with Crippen molar-refractivity contribution in [3.05, 3.63) is 29.8 Å². The van der Waals surface area contributed by atoms with Gasteiger partial charge in [0.15, 0.2) is 0 Å². The standard InChI is InChI=1S/C17H25NO3/c1-15-3-2-8-18(13-15)9-10-20-11-12-21-17-6-4-16(14-19)5-7-17/h4-7,14-15H,2-3,8-13H2,1H3/t15-/m1/s1. The molecule has 1 aliphatic rings. The molecule has 0 unspecified atom stereocenters. The van der Waals surface area contributed by atoms with E-state index < -0.39 is 0 Å². The maximum atomic E-state index is 10.5. The van der Waals surface area contributed by atoms with Crippen molar-refractivity contribution in [1.29, 1.82) is 0 Å². The van der Waals surface area contributed by atoms with Gasteiger partial charge in [-0.05, 0) is 49.6 Å². The molecule has 0 aromatic heterocycles. The summed E-state index contributed by atoms with van der Waals surface area (Å²) in [5.41, 5.74) is 0.661. The van der Waals surface area contributed by atoms with Gasteiger partial charge in [0.05, 0.1) is 13.2 Å². The number of carbonyl (C=O) groups is 1. The van der Waals surface area contributed by atoms with Gasteiger partial charge in [-0.2, -0.15) is 0 Å². The fourth-order valence-corrected chi connectivity index (χ4v) is 2.65. The predicted octanol–water partition coefficient (Wildman–Crippen LogP) is 2.63. The van der Waals surface area contributed by atoms with Crippen LogP contribution in [0.1, 0.15) is 30.1 Å². The van der Waals surface area contributed by atoms with Gasteiger partial charge >= 0.3 is 0 Å². The second-order valence-electron chi connectivity index (χ2n) is 5.70. The zero-order valence-corrected chi connectivity index (χ0v) is 12.8. The van der Waals surface area contributed by atoms with E-state index in [0.717, 1.165) is 31.1 Å². The molecule has 0 bridgehead atoms. The molecule has 0 radical (unpaired) electrons. The first-order valence-electron chi connectivity index (χ1n) is 7.76. The lowest BCUT2D eigenvalue weighted by atomic mass is 10.0. The highest BCUT2D eigenvalue weighted by Crippen LogP contribution is 2.14. The zero-order chi connectivity index (χ0) is 14.9. The Morgan fingerprint density at radius 1 is 1.24 bits per heavy atom. The Hall–Kier alpha value is -1.39. The fraction of sp³-hybridized carbons (Fsp3) is 0.588. The molecule has 21 heavy (non-hydrogen) atoms. The number of hydrogen-bond donors (Lipinski definition) is 0. The van der Waals surface area contributed by atoms with E-state index in [1.807, 2.05) is 0 Å². The second kappa shape index (κ2) is 8.80. The Morgan fingerprint density at radius 3 is 2.76 bits per heavy atom. The van der Waals surface area contributed by atoms with Crippen molar-refractivity contribution >= 4 is 6.29 Å². The molecule has 0 amide bonds. The molecule has 0 N–H and O–H groups in total. The molecular weight excluding hydrogens is 266 g/mol. The molecule has 1 fully saturated rings. The van der Waals surface area contributed by atoms with Crippen molar-refractivity contribution in [2.45, 2.75) is 19.8 Å². The van der Waals surface area contributed by atoms with Crippen LogP contribution in [-0.2, 0) is 4.74 Å². The molecule has 1 aromatic carbocycles. The average Bonchev–Trinajstić information content (AvgIpc) is 2.51. The number of ether oxygens (including phenoxy) is 2. The number of hydrogen-bond acceptors (Lipinski definition) is 4. The highest BCUT2D eigenvalue weighted by molar-refractivity contribution is 5.74. The van der Waals surface area contributed by atoms with Crippen LogP contribution in [0.15, 0.2) is 24.3 Å². The number of benzene rings is 1. The lowest BCUT2D eigenvalue weighted by molar-refractivity contribution is 0.0688. The summed E-state index contributed by atoms with van der Waals surface area (Å²) in [6.07, 6.45) is 3.49. The van der Waals surface area contributed by atoms with Crippen LogP contribution in [0.25, 0.3) is 0 Å². The third-order valence-corrected chi connectivity index (χ3v) is 3.81. The Kier molecular flexibility index (Phi) is 6.70. The van der Waals surface area contributed by atoms with Crippen molar-refractivity contribution < 1.29 is 14.3 Å². The van der Waals surface area contributed by atoms with E-state index in [-0.39, 0.29) is 0 Å². The third kappa shape index (κ3) is 5.86. The summed E-state index contributed by atoms with van der Waals surface area (Å²) in [6.45, 7) is 7.63. The lowest BCUT2D eigenvalue weighted by Gasteiger charge is -2.30. The van der Waals surface area contributed by atoms with Gasteiger partial charge in [-0.1, -0.05) is 6.92 Å². The molecule has 1 aromatic rings. The molecule has 4 nitrogen and oxygen atoms in total. The van der Waals surface area contributed by atoms with Crippen LogP contribution in [0.4, 0.5) is 0 Å². The van der Waals surface area contributed by atoms with Crippen molar-refractivity contribution in [3.63, 3.8) is 0 Å². The van der Waals surface area contributed by atoms with E-state index in [1.54, 1.807) is 24.3 Å². The molecule has 1 aliphatic heterocycles. The minimum atomic E-state index is 0.539. The Labute approximate surface area is 127 Å². The topological polar surface area (TPSA) is 38.8 Å². The normalized spacial score (nSPS) is 19.4. The minimum Gasteiger partial charge on any atom is -0.491 e. The van der Waals surface area contributed by atoms with Crippen LogP contribution >= 0.6 is 0 Å². The highest BCUT2D eigenvalue weighted by Gasteiger charge is 2.15. The first-order chi connectivity index (χ1) is 10.3. The summed E-state index contributed by atoms with van der Waals surface area (Å²) < 4.78 is 11.2. The van der Waals surface area contributed by atoms with Crippen LogP contribution in [0.2, 0.25) is 0 Å². The maximum absolute atomic E-state index is 10.5. The number of aldehydes is 1. The van der Waals surface area contributed by atoms with E-state index in [4.69, 9.17) is 9.47 Å². The molecule has 0 aliphatic carbocycles. The number of rotatable bonds is 8. The summed E-state index contributed by atoms with van der Waals surface area (Å²) in [5, 5.41) is 0. The van der Waals surface area contributed by atoms with Crippen molar-refractivity contribution in [2.24, 2.45) is 5.92 Å². The van der Waals surface area contributed by atoms with Crippen LogP contribution in [0, 0.1) is 5.92 Å². The van der Waals surface area contributed by atoms with Crippen LogP contribution < -0.4 is 4.74 Å². The fourth-order valence-electron chi connectivity index (χ4n) is 2.65. The smallest absolute Gasteiger partial charge is 0.150 e. The van der Waals surface area contributed by atoms with Gasteiger partial charge in [0, 0.05) is 18.7 Å². The molecule has 0 spiro atoms. The van der Waals surface area contributed by atoms with Crippen molar-refractivity contribution in [3.8, 4) is 5.75 Å². The number of carbonyl (C=O) groups excluding carboxylic acids is 1. The van der Waals surface area contributed by atoms with Gasteiger partial charge in [0.2, 0.25) is 0 Å². The Bertz CT molecular complexity index is 419. The largest absolute Gasteiger partial charge is 0.491 e. The van der Waals surface area contributed by atoms with Gasteiger partial charge < -0.3 is 14.4 Å². The molecule has 1 atom stereocenters. The quantitative estimate of drug-likeness (QED) is 0.545. The first kappa shape index (κ1) is 16.0. The summed E-state index contributed by atoms with van der Waals surface area (Å²) in [4.78, 5) is 13.0. The van der Waals surface area contributed by atoms with Gasteiger partial charge in [-0.3, -0.25) is 4.79 Å². The predicted molar refractivity (Wildman–Crippen MR) is 83.0 cm³/mol. The lowest BCUT2D eigenvalue weighted by Crippen LogP contribution is -2.36. The summed E-state index contributed by atoms with van der Waals surface area (Å²) in [5.74, 6) is 1.59.